The predicted octanol–water partition coefficient (Wildman–Crippen LogP) is 1.31. The largest absolute Gasteiger partial charge is 0.330 e. The van der Waals surface area contributed by atoms with Crippen LogP contribution in [0.3, 0.4) is 0 Å². The Kier molecular flexibility index (Phi) is 4.60. The van der Waals surface area contributed by atoms with Crippen LogP contribution in [0.15, 0.2) is 48.8 Å². The van der Waals surface area contributed by atoms with Crippen molar-refractivity contribution in [3.05, 3.63) is 60.2 Å². The number of nitrogens with two attached hydrogens (primary N) is 2. The van der Waals surface area contributed by atoms with Gasteiger partial charge in [0.05, 0.1) is 0 Å². The van der Waals surface area contributed by atoms with Crippen molar-refractivity contribution in [2.45, 2.75) is 24.8 Å². The van der Waals surface area contributed by atoms with Gasteiger partial charge in [0.15, 0.2) is 0 Å². The van der Waals surface area contributed by atoms with Gasteiger partial charge in [-0.15, -0.1) is 0 Å². The molecule has 2 aromatic rings. The lowest BCUT2D eigenvalue weighted by Gasteiger charge is -2.28. The van der Waals surface area contributed by atoms with Crippen LogP contribution in [0.25, 0.3) is 0 Å². The van der Waals surface area contributed by atoms with Crippen LogP contribution >= 0.6 is 0 Å². The maximum Gasteiger partial charge on any atom is 0.0422 e. The van der Waals surface area contributed by atoms with Crippen molar-refractivity contribution in [3.8, 4) is 0 Å². The van der Waals surface area contributed by atoms with Crippen LogP contribution in [0.2, 0.25) is 0 Å². The highest BCUT2D eigenvalue weighted by molar-refractivity contribution is 5.13. The molecule has 0 unspecified atom stereocenters. The third kappa shape index (κ3) is 4.12. The summed E-state index contributed by atoms with van der Waals surface area (Å²) in [6, 6.07) is 11.8. The number of aromatic nitrogens is 2. The van der Waals surface area contributed by atoms with Crippen LogP contribution in [0.4, 0.5) is 0 Å². The van der Waals surface area contributed by atoms with E-state index in [1.54, 1.807) is 12.4 Å². The van der Waals surface area contributed by atoms with Gasteiger partial charge in [0.25, 0.3) is 0 Å². The third-order valence-electron chi connectivity index (χ3n) is 3.16. The van der Waals surface area contributed by atoms with Crippen molar-refractivity contribution >= 4 is 0 Å². The van der Waals surface area contributed by atoms with Crippen molar-refractivity contribution in [1.82, 2.24) is 9.97 Å². The van der Waals surface area contributed by atoms with Gasteiger partial charge in [-0.1, -0.05) is 12.1 Å². The minimum Gasteiger partial charge on any atom is -0.330 e. The molecule has 0 spiro atoms. The lowest BCUT2D eigenvalue weighted by molar-refractivity contribution is 0.386. The number of rotatable bonds is 6. The average Bonchev–Trinajstić information content (AvgIpc) is 2.41. The summed E-state index contributed by atoms with van der Waals surface area (Å²) in [5.41, 5.74) is 13.8. The minimum atomic E-state index is -0.391. The highest BCUT2D eigenvalue weighted by atomic mass is 14.8. The maximum absolute atomic E-state index is 6.51. The third-order valence-corrected chi connectivity index (χ3v) is 3.16. The first-order valence-electron chi connectivity index (χ1n) is 6.51. The van der Waals surface area contributed by atoms with Gasteiger partial charge in [0.2, 0.25) is 0 Å². The second-order valence-electron chi connectivity index (χ2n) is 4.90. The first-order valence-corrected chi connectivity index (χ1v) is 6.51. The Morgan fingerprint density at radius 3 is 1.79 bits per heavy atom. The lowest BCUT2D eigenvalue weighted by Crippen LogP contribution is -2.46. The summed E-state index contributed by atoms with van der Waals surface area (Å²) in [5.74, 6) is 0. The second kappa shape index (κ2) is 6.41. The molecule has 2 aromatic heterocycles. The van der Waals surface area contributed by atoms with Gasteiger partial charge in [-0.25, -0.2) is 0 Å². The molecule has 0 aliphatic heterocycles. The molecule has 4 N–H and O–H groups in total. The van der Waals surface area contributed by atoms with E-state index in [-0.39, 0.29) is 0 Å². The SMILES string of the molecule is NCCC(N)(Cc1ccccn1)Cc1ccccn1. The highest BCUT2D eigenvalue weighted by Gasteiger charge is 2.26. The van der Waals surface area contributed by atoms with Crippen LogP contribution < -0.4 is 11.5 Å². The molecule has 0 aliphatic rings. The molecule has 0 bridgehead atoms. The van der Waals surface area contributed by atoms with Gasteiger partial charge >= 0.3 is 0 Å². The van der Waals surface area contributed by atoms with Gasteiger partial charge < -0.3 is 11.5 Å². The number of pyridine rings is 2. The molecule has 0 saturated carbocycles. The van der Waals surface area contributed by atoms with Gasteiger partial charge in [0, 0.05) is 42.2 Å². The Balaban J connectivity index is 2.13. The van der Waals surface area contributed by atoms with Crippen molar-refractivity contribution in [1.29, 1.82) is 0 Å². The molecule has 0 aliphatic carbocycles. The van der Waals surface area contributed by atoms with Crippen LogP contribution in [-0.4, -0.2) is 22.1 Å². The van der Waals surface area contributed by atoms with Crippen LogP contribution in [0.1, 0.15) is 17.8 Å². The molecular formula is C15H20N4. The predicted molar refractivity (Wildman–Crippen MR) is 76.5 cm³/mol. The molecule has 0 fully saturated rings. The van der Waals surface area contributed by atoms with Gasteiger partial charge in [-0.05, 0) is 37.2 Å². The summed E-state index contributed by atoms with van der Waals surface area (Å²) < 4.78 is 0. The first kappa shape index (κ1) is 13.6. The van der Waals surface area contributed by atoms with Crippen LogP contribution in [-0.2, 0) is 12.8 Å². The smallest absolute Gasteiger partial charge is 0.0422 e. The lowest BCUT2D eigenvalue weighted by atomic mass is 9.85. The van der Waals surface area contributed by atoms with E-state index in [0.717, 1.165) is 17.8 Å². The van der Waals surface area contributed by atoms with Gasteiger partial charge in [-0.3, -0.25) is 9.97 Å². The molecule has 0 saturated heterocycles. The van der Waals surface area contributed by atoms with Crippen LogP contribution in [0, 0.1) is 0 Å². The van der Waals surface area contributed by atoms with Crippen molar-refractivity contribution in [2.75, 3.05) is 6.54 Å². The summed E-state index contributed by atoms with van der Waals surface area (Å²) in [7, 11) is 0. The summed E-state index contributed by atoms with van der Waals surface area (Å²) in [5, 5.41) is 0. The zero-order valence-corrected chi connectivity index (χ0v) is 11.0. The summed E-state index contributed by atoms with van der Waals surface area (Å²) in [4.78, 5) is 8.69. The maximum atomic E-state index is 6.51. The number of nitrogens with zero attached hydrogens (tertiary/aromatic N) is 2. The molecular weight excluding hydrogens is 236 g/mol. The molecule has 100 valence electrons. The molecule has 4 nitrogen and oxygen atoms in total. The zero-order chi connectivity index (χ0) is 13.6. The standard InChI is InChI=1S/C15H20N4/c16-8-7-15(17,11-13-5-1-3-9-18-13)12-14-6-2-4-10-19-14/h1-6,9-10H,7-8,11-12,16-17H2. The van der Waals surface area contributed by atoms with E-state index >= 15 is 0 Å². The van der Waals surface area contributed by atoms with Crippen molar-refractivity contribution < 1.29 is 0 Å². The van der Waals surface area contributed by atoms with E-state index in [1.165, 1.54) is 0 Å². The molecule has 0 aromatic carbocycles. The molecule has 19 heavy (non-hydrogen) atoms. The molecule has 2 heterocycles. The van der Waals surface area contributed by atoms with Crippen molar-refractivity contribution in [2.24, 2.45) is 11.5 Å². The Morgan fingerprint density at radius 1 is 0.895 bits per heavy atom. The van der Waals surface area contributed by atoms with E-state index < -0.39 is 5.54 Å². The van der Waals surface area contributed by atoms with E-state index in [1.807, 2.05) is 36.4 Å². The van der Waals surface area contributed by atoms with E-state index in [2.05, 4.69) is 9.97 Å². The summed E-state index contributed by atoms with van der Waals surface area (Å²) in [6.45, 7) is 0.566. The quantitative estimate of drug-likeness (QED) is 0.817. The normalized spacial score (nSPS) is 11.5. The molecule has 4 heteroatoms. The molecule has 2 rings (SSSR count). The zero-order valence-electron chi connectivity index (χ0n) is 11.0. The first-order chi connectivity index (χ1) is 9.22. The highest BCUT2D eigenvalue weighted by Crippen LogP contribution is 2.18. The topological polar surface area (TPSA) is 77.8 Å². The second-order valence-corrected chi connectivity index (χ2v) is 4.90. The van der Waals surface area contributed by atoms with Gasteiger partial charge in [0.1, 0.15) is 0 Å². The fourth-order valence-electron chi connectivity index (χ4n) is 2.25. The Morgan fingerprint density at radius 2 is 1.42 bits per heavy atom. The van der Waals surface area contributed by atoms with Crippen molar-refractivity contribution in [3.63, 3.8) is 0 Å². The fourth-order valence-corrected chi connectivity index (χ4v) is 2.25. The van der Waals surface area contributed by atoms with E-state index in [9.17, 15) is 0 Å². The number of hydrogen-bond donors (Lipinski definition) is 2. The average molecular weight is 256 g/mol. The fraction of sp³-hybridized carbons (Fsp3) is 0.333. The van der Waals surface area contributed by atoms with Gasteiger partial charge in [-0.2, -0.15) is 0 Å². The summed E-state index contributed by atoms with van der Waals surface area (Å²) >= 11 is 0. The molecule has 0 atom stereocenters. The Hall–Kier alpha value is -1.78. The summed E-state index contributed by atoms with van der Waals surface area (Å²) in [6.07, 6.45) is 5.75. The van der Waals surface area contributed by atoms with Crippen LogP contribution in [0.5, 0.6) is 0 Å². The number of hydrogen-bond acceptors (Lipinski definition) is 4. The Bertz CT molecular complexity index is 443. The van der Waals surface area contributed by atoms with E-state index in [4.69, 9.17) is 11.5 Å². The minimum absolute atomic E-state index is 0.391. The molecule has 0 amide bonds. The Labute approximate surface area is 113 Å². The molecule has 0 radical (unpaired) electrons. The van der Waals surface area contributed by atoms with E-state index in [0.29, 0.717) is 19.4 Å². The monoisotopic (exact) mass is 256 g/mol.